The van der Waals surface area contributed by atoms with Crippen molar-refractivity contribution in [2.45, 2.75) is 84.9 Å². The first-order chi connectivity index (χ1) is 40.0. The predicted molar refractivity (Wildman–Crippen MR) is 337 cm³/mol. The summed E-state index contributed by atoms with van der Waals surface area (Å²) in [5.41, 5.74) is 11.9. The lowest BCUT2D eigenvalue weighted by molar-refractivity contribution is 0.122. The highest BCUT2D eigenvalue weighted by Gasteiger charge is 2.26. The lowest BCUT2D eigenvalue weighted by Crippen LogP contribution is -2.36. The second-order valence-corrected chi connectivity index (χ2v) is 25.1. The number of morpholine rings is 2. The van der Waals surface area contributed by atoms with Gasteiger partial charge in [-0.3, -0.25) is 19.6 Å². The van der Waals surface area contributed by atoms with E-state index in [4.69, 9.17) is 19.4 Å². The number of anilines is 4. The van der Waals surface area contributed by atoms with Gasteiger partial charge in [-0.2, -0.15) is 0 Å². The number of aryl methyl sites for hydroxylation is 2. The average molecular weight is 1170 g/mol. The third-order valence-corrected chi connectivity index (χ3v) is 20.1. The van der Waals surface area contributed by atoms with Crippen LogP contribution in [-0.4, -0.2) is 111 Å². The molecule has 4 aromatic heterocycles. The number of nitrogens with zero attached hydrogens (tertiary/aromatic N) is 5. The largest absolute Gasteiger partial charge is 0.378 e. The molecule has 2 fully saturated rings. The van der Waals surface area contributed by atoms with Crippen LogP contribution in [0.3, 0.4) is 0 Å². The Morgan fingerprint density at radius 1 is 0.561 bits per heavy atom. The van der Waals surface area contributed by atoms with Gasteiger partial charge in [0, 0.05) is 129 Å². The summed E-state index contributed by atoms with van der Waals surface area (Å²) in [5, 5.41) is 10.8. The number of benzene rings is 4. The second kappa shape index (κ2) is 26.8. The molecule has 4 aromatic carbocycles. The van der Waals surface area contributed by atoms with Crippen LogP contribution in [0.5, 0.6) is 0 Å². The molecule has 0 spiro atoms. The van der Waals surface area contributed by atoms with E-state index in [0.717, 1.165) is 127 Å². The summed E-state index contributed by atoms with van der Waals surface area (Å²) in [6.45, 7) is 15.1. The number of aromatic amines is 2. The monoisotopic (exact) mass is 1170 g/mol. The lowest BCUT2D eigenvalue weighted by atomic mass is 10.1. The molecular weight excluding hydrogens is 1100 g/mol. The van der Waals surface area contributed by atoms with Crippen LogP contribution in [0.25, 0.3) is 22.5 Å². The van der Waals surface area contributed by atoms with Gasteiger partial charge in [-0.25, -0.2) is 0 Å². The average Bonchev–Trinajstić information content (AvgIpc) is 3.66. The van der Waals surface area contributed by atoms with Crippen molar-refractivity contribution in [3.8, 4) is 22.5 Å². The van der Waals surface area contributed by atoms with Gasteiger partial charge in [-0.1, -0.05) is 90.4 Å². The molecule has 2 saturated heterocycles. The van der Waals surface area contributed by atoms with Gasteiger partial charge in [0.15, 0.2) is 0 Å². The van der Waals surface area contributed by atoms with Crippen molar-refractivity contribution in [2.75, 3.05) is 107 Å². The number of pyridine rings is 4. The molecule has 8 aromatic rings. The van der Waals surface area contributed by atoms with Crippen LogP contribution < -0.4 is 36.9 Å². The van der Waals surface area contributed by atoms with E-state index < -0.39 is 0 Å². The molecule has 14 nitrogen and oxygen atoms in total. The van der Waals surface area contributed by atoms with Crippen molar-refractivity contribution in [1.82, 2.24) is 30.2 Å². The first-order valence-corrected chi connectivity index (χ1v) is 31.4. The molecular formula is C64H70N10O4S4. The van der Waals surface area contributed by atoms with E-state index in [2.05, 4.69) is 164 Å². The standard InChI is InChI=1S/C33H37N5O2S2.C31H33N5O2S2/c1-4-37(3)14-13-27(26-9-5-7-22(2)34-26)35-23-11-12-29-31(19-23)41-30-10-6-8-25(33(30)42-29)28-20-24(21-32(39)36-28)38-15-17-40-18-16-38;1-20-5-3-7-24(33-20)25(11-12-32-2)34-21-9-10-27-29(17-21)39-28-8-4-6-23(31(28)40-27)26-18-22(19-30(37)35-26)36-13-15-38-16-14-36/h5-12,19-21,27,35H,4,13-18H2,1-3H3,(H,36,39);3-10,17-19,25,32,34H,11-16H2,1-2H3,(H,35,37). The molecule has 4 aliphatic rings. The number of rotatable bonds is 17. The van der Waals surface area contributed by atoms with E-state index >= 15 is 0 Å². The first-order valence-electron chi connectivity index (χ1n) is 28.2. The summed E-state index contributed by atoms with van der Waals surface area (Å²) in [6.07, 6.45) is 1.90. The minimum Gasteiger partial charge on any atom is -0.378 e. The Balaban J connectivity index is 0.000000172. The normalized spacial score (nSPS) is 15.3. The minimum absolute atomic E-state index is 0.0843. The molecule has 8 heterocycles. The fourth-order valence-corrected chi connectivity index (χ4v) is 15.3. The minimum atomic E-state index is -0.0860. The Morgan fingerprint density at radius 2 is 1.02 bits per heavy atom. The zero-order valence-electron chi connectivity index (χ0n) is 47.1. The molecule has 4 aliphatic heterocycles. The van der Waals surface area contributed by atoms with Gasteiger partial charge >= 0.3 is 0 Å². The quantitative estimate of drug-likeness (QED) is 0.0586. The number of aromatic nitrogens is 4. The number of nitrogens with one attached hydrogen (secondary N) is 5. The topological polar surface area (TPSA) is 156 Å². The van der Waals surface area contributed by atoms with Crippen LogP contribution in [0, 0.1) is 13.8 Å². The van der Waals surface area contributed by atoms with Crippen LogP contribution >= 0.6 is 47.0 Å². The number of H-pyrrole nitrogens is 2. The van der Waals surface area contributed by atoms with E-state index in [1.54, 1.807) is 59.2 Å². The van der Waals surface area contributed by atoms with E-state index in [0.29, 0.717) is 26.4 Å². The van der Waals surface area contributed by atoms with Gasteiger partial charge < -0.3 is 50.1 Å². The van der Waals surface area contributed by atoms with Gasteiger partial charge in [-0.15, -0.1) is 0 Å². The fourth-order valence-electron chi connectivity index (χ4n) is 10.5. The highest BCUT2D eigenvalue weighted by molar-refractivity contribution is 8.05. The summed E-state index contributed by atoms with van der Waals surface area (Å²) >= 11 is 7.10. The van der Waals surface area contributed by atoms with Crippen molar-refractivity contribution in [2.24, 2.45) is 0 Å². The van der Waals surface area contributed by atoms with Gasteiger partial charge in [0.1, 0.15) is 0 Å². The SMILES string of the molecule is CCN(C)CCC(Nc1ccc2c(c1)Sc1cccc(-c3cc(N4CCOCC4)cc(=O)[nH]3)c1S2)c1cccc(C)n1.CNCCC(Nc1ccc2c(c1)Sc1cccc(-c3cc(N4CCOCC4)cc(=O)[nH]3)c1S2)c1cccc(C)n1. The summed E-state index contributed by atoms with van der Waals surface area (Å²) in [5.74, 6) is 0. The summed E-state index contributed by atoms with van der Waals surface area (Å²) in [4.78, 5) is 57.6. The molecule has 12 rings (SSSR count). The molecule has 0 bridgehead atoms. The molecule has 82 heavy (non-hydrogen) atoms. The number of hydrogen-bond donors (Lipinski definition) is 5. The number of hydrogen-bond acceptors (Lipinski definition) is 16. The molecule has 0 saturated carbocycles. The molecule has 0 amide bonds. The van der Waals surface area contributed by atoms with Crippen molar-refractivity contribution in [1.29, 1.82) is 0 Å². The van der Waals surface area contributed by atoms with Crippen molar-refractivity contribution in [3.05, 3.63) is 177 Å². The molecule has 0 aliphatic carbocycles. The maximum atomic E-state index is 12.7. The Kier molecular flexibility index (Phi) is 18.8. The highest BCUT2D eigenvalue weighted by Crippen LogP contribution is 2.54. The fraction of sp³-hybridized carbons (Fsp3) is 0.312. The number of ether oxygens (including phenoxy) is 2. The van der Waals surface area contributed by atoms with Gasteiger partial charge in [-0.05, 0) is 139 Å². The Hall–Kier alpha value is -6.48. The van der Waals surface area contributed by atoms with Crippen molar-refractivity contribution < 1.29 is 9.47 Å². The van der Waals surface area contributed by atoms with E-state index in [1.807, 2.05) is 33.0 Å². The lowest BCUT2D eigenvalue weighted by Gasteiger charge is -2.29. The van der Waals surface area contributed by atoms with Crippen LogP contribution in [0.4, 0.5) is 22.7 Å². The van der Waals surface area contributed by atoms with E-state index in [1.165, 1.54) is 39.2 Å². The van der Waals surface area contributed by atoms with Crippen LogP contribution in [0.1, 0.15) is 54.6 Å². The molecule has 0 radical (unpaired) electrons. The second-order valence-electron chi connectivity index (χ2n) is 20.8. The zero-order valence-corrected chi connectivity index (χ0v) is 50.3. The maximum absolute atomic E-state index is 12.7. The van der Waals surface area contributed by atoms with Crippen LogP contribution in [-0.2, 0) is 9.47 Å². The molecule has 424 valence electrons. The van der Waals surface area contributed by atoms with Crippen molar-refractivity contribution >= 4 is 69.8 Å². The summed E-state index contributed by atoms with van der Waals surface area (Å²) in [7, 11) is 4.14. The molecule has 2 atom stereocenters. The smallest absolute Gasteiger partial charge is 0.250 e. The van der Waals surface area contributed by atoms with Gasteiger partial charge in [0.25, 0.3) is 0 Å². The molecule has 2 unspecified atom stereocenters. The zero-order chi connectivity index (χ0) is 56.5. The Bertz CT molecular complexity index is 3660. The van der Waals surface area contributed by atoms with E-state index in [9.17, 15) is 9.59 Å². The third-order valence-electron chi connectivity index (χ3n) is 14.9. The Morgan fingerprint density at radius 3 is 1.48 bits per heavy atom. The van der Waals surface area contributed by atoms with Crippen LogP contribution in [0.2, 0.25) is 0 Å². The van der Waals surface area contributed by atoms with Gasteiger partial charge in [0.2, 0.25) is 11.1 Å². The third kappa shape index (κ3) is 13.9. The maximum Gasteiger partial charge on any atom is 0.250 e. The molecule has 5 N–H and O–H groups in total. The highest BCUT2D eigenvalue weighted by atomic mass is 32.2. The summed E-state index contributed by atoms with van der Waals surface area (Å²) in [6, 6.07) is 46.2. The summed E-state index contributed by atoms with van der Waals surface area (Å²) < 4.78 is 11.0. The van der Waals surface area contributed by atoms with Crippen molar-refractivity contribution in [3.63, 3.8) is 0 Å². The Labute approximate surface area is 497 Å². The van der Waals surface area contributed by atoms with E-state index in [-0.39, 0.29) is 23.2 Å². The first kappa shape index (κ1) is 57.3. The van der Waals surface area contributed by atoms with Gasteiger partial charge in [0.05, 0.1) is 61.3 Å². The number of fused-ring (bicyclic) bond motifs is 4. The van der Waals surface area contributed by atoms with Crippen LogP contribution in [0.15, 0.2) is 182 Å². The predicted octanol–water partition coefficient (Wildman–Crippen LogP) is 12.7. The molecule has 18 heteroatoms.